The number of ether oxygens (including phenoxy) is 1. The first kappa shape index (κ1) is 23.2. The van der Waals surface area contributed by atoms with E-state index in [1.807, 2.05) is 37.3 Å². The lowest BCUT2D eigenvalue weighted by Gasteiger charge is -2.42. The van der Waals surface area contributed by atoms with Crippen LogP contribution in [-0.2, 0) is 16.1 Å². The van der Waals surface area contributed by atoms with Gasteiger partial charge in [-0.05, 0) is 30.9 Å². The van der Waals surface area contributed by atoms with Crippen molar-refractivity contribution in [2.45, 2.75) is 31.8 Å². The highest BCUT2D eigenvalue weighted by Gasteiger charge is 2.57. The lowest BCUT2D eigenvalue weighted by molar-refractivity contribution is -0.135. The van der Waals surface area contributed by atoms with Gasteiger partial charge in [-0.25, -0.2) is 4.79 Å². The average Bonchev–Trinajstić information content (AvgIpc) is 3.02. The SMILES string of the molecule is COCCN1C(=O)N(CC=Cc2ccc(C)cc2)C(=O)C12CCN(Cc1ccccc1)CC2. The summed E-state index contributed by atoms with van der Waals surface area (Å²) in [6.07, 6.45) is 5.16. The number of carbonyl (C=O) groups excluding carboxylic acids is 2. The van der Waals surface area contributed by atoms with Gasteiger partial charge in [-0.15, -0.1) is 0 Å². The molecule has 6 nitrogen and oxygen atoms in total. The van der Waals surface area contributed by atoms with Crippen LogP contribution in [0, 0.1) is 6.92 Å². The van der Waals surface area contributed by atoms with Crippen LogP contribution in [0.25, 0.3) is 6.08 Å². The van der Waals surface area contributed by atoms with Crippen LogP contribution in [0.1, 0.15) is 29.5 Å². The number of likely N-dealkylation sites (tertiary alicyclic amines) is 1. The second kappa shape index (κ2) is 10.3. The highest BCUT2D eigenvalue weighted by atomic mass is 16.5. The van der Waals surface area contributed by atoms with E-state index in [0.29, 0.717) is 26.0 Å². The molecule has 2 heterocycles. The van der Waals surface area contributed by atoms with Crippen molar-refractivity contribution in [3.63, 3.8) is 0 Å². The molecular formula is C27H33N3O3. The molecule has 2 aliphatic heterocycles. The van der Waals surface area contributed by atoms with Gasteiger partial charge in [-0.3, -0.25) is 14.6 Å². The maximum atomic E-state index is 13.6. The molecule has 0 unspecified atom stereocenters. The van der Waals surface area contributed by atoms with Crippen molar-refractivity contribution in [3.05, 3.63) is 77.4 Å². The summed E-state index contributed by atoms with van der Waals surface area (Å²) in [5.41, 5.74) is 2.76. The number of aryl methyl sites for hydroxylation is 1. The number of imide groups is 1. The molecule has 3 amide bonds. The third kappa shape index (κ3) is 5.02. The van der Waals surface area contributed by atoms with Crippen LogP contribution in [0.15, 0.2) is 60.7 Å². The summed E-state index contributed by atoms with van der Waals surface area (Å²) in [6, 6.07) is 18.3. The Hall–Kier alpha value is -2.96. The normalized spacial score (nSPS) is 18.7. The Labute approximate surface area is 196 Å². The quantitative estimate of drug-likeness (QED) is 0.575. The van der Waals surface area contributed by atoms with E-state index in [-0.39, 0.29) is 18.5 Å². The molecule has 0 radical (unpaired) electrons. The van der Waals surface area contributed by atoms with Gasteiger partial charge in [0.1, 0.15) is 5.54 Å². The van der Waals surface area contributed by atoms with Crippen molar-refractivity contribution in [2.75, 3.05) is 39.9 Å². The zero-order valence-corrected chi connectivity index (χ0v) is 19.6. The maximum absolute atomic E-state index is 13.6. The molecular weight excluding hydrogens is 414 g/mol. The molecule has 6 heteroatoms. The van der Waals surface area contributed by atoms with Crippen LogP contribution < -0.4 is 0 Å². The van der Waals surface area contributed by atoms with E-state index < -0.39 is 5.54 Å². The van der Waals surface area contributed by atoms with Crippen LogP contribution in [0.3, 0.4) is 0 Å². The Balaban J connectivity index is 1.46. The van der Waals surface area contributed by atoms with Gasteiger partial charge in [0.15, 0.2) is 0 Å². The molecule has 2 fully saturated rings. The third-order valence-corrected chi connectivity index (χ3v) is 6.75. The monoisotopic (exact) mass is 447 g/mol. The van der Waals surface area contributed by atoms with Gasteiger partial charge >= 0.3 is 6.03 Å². The molecule has 0 saturated carbocycles. The van der Waals surface area contributed by atoms with Gasteiger partial charge in [0, 0.05) is 39.8 Å². The predicted molar refractivity (Wildman–Crippen MR) is 130 cm³/mol. The van der Waals surface area contributed by atoms with E-state index in [2.05, 4.69) is 41.3 Å². The minimum absolute atomic E-state index is 0.0727. The smallest absolute Gasteiger partial charge is 0.328 e. The summed E-state index contributed by atoms with van der Waals surface area (Å²) in [7, 11) is 1.62. The number of piperidine rings is 1. The van der Waals surface area contributed by atoms with Gasteiger partial charge in [0.2, 0.25) is 0 Å². The number of urea groups is 1. The van der Waals surface area contributed by atoms with E-state index in [0.717, 1.165) is 25.2 Å². The topological polar surface area (TPSA) is 53.1 Å². The standard InChI is InChI=1S/C27H33N3O3/c1-22-10-12-23(13-11-22)9-6-16-29-25(31)27(30(26(29)32)19-20-33-2)14-17-28(18-15-27)21-24-7-4-3-5-8-24/h3-13H,14-21H2,1-2H3. The highest BCUT2D eigenvalue weighted by molar-refractivity contribution is 6.07. The second-order valence-electron chi connectivity index (χ2n) is 8.95. The molecule has 0 bridgehead atoms. The van der Waals surface area contributed by atoms with Gasteiger partial charge in [-0.2, -0.15) is 0 Å². The molecule has 1 spiro atoms. The third-order valence-electron chi connectivity index (χ3n) is 6.75. The van der Waals surface area contributed by atoms with E-state index in [4.69, 9.17) is 4.74 Å². The van der Waals surface area contributed by atoms with E-state index in [1.165, 1.54) is 16.0 Å². The first-order valence-corrected chi connectivity index (χ1v) is 11.7. The second-order valence-corrected chi connectivity index (χ2v) is 8.95. The van der Waals surface area contributed by atoms with Gasteiger partial charge in [-0.1, -0.05) is 72.3 Å². The maximum Gasteiger partial charge on any atom is 0.328 e. The number of amides is 3. The summed E-state index contributed by atoms with van der Waals surface area (Å²) in [6.45, 7) is 5.60. The fourth-order valence-electron chi connectivity index (χ4n) is 4.81. The van der Waals surface area contributed by atoms with Crippen molar-refractivity contribution < 1.29 is 14.3 Å². The van der Waals surface area contributed by atoms with Gasteiger partial charge in [0.25, 0.3) is 5.91 Å². The molecule has 0 N–H and O–H groups in total. The van der Waals surface area contributed by atoms with E-state index >= 15 is 0 Å². The fourth-order valence-corrected chi connectivity index (χ4v) is 4.81. The molecule has 2 aromatic rings. The Kier molecular flexibility index (Phi) is 7.26. The Morgan fingerprint density at radius 2 is 1.70 bits per heavy atom. The lowest BCUT2D eigenvalue weighted by atomic mass is 9.85. The van der Waals surface area contributed by atoms with Crippen molar-refractivity contribution in [2.24, 2.45) is 0 Å². The molecule has 0 atom stereocenters. The molecule has 0 aromatic heterocycles. The van der Waals surface area contributed by atoms with Crippen LogP contribution in [0.4, 0.5) is 4.79 Å². The first-order valence-electron chi connectivity index (χ1n) is 11.7. The zero-order chi connectivity index (χ0) is 23.3. The molecule has 2 aliphatic rings. The molecule has 2 aromatic carbocycles. The van der Waals surface area contributed by atoms with Crippen molar-refractivity contribution in [1.29, 1.82) is 0 Å². The van der Waals surface area contributed by atoms with Crippen LogP contribution in [-0.4, -0.2) is 72.1 Å². The van der Waals surface area contributed by atoms with Crippen molar-refractivity contribution in [1.82, 2.24) is 14.7 Å². The van der Waals surface area contributed by atoms with Crippen molar-refractivity contribution >= 4 is 18.0 Å². The molecule has 0 aliphatic carbocycles. The van der Waals surface area contributed by atoms with E-state index in [1.54, 1.807) is 12.0 Å². The van der Waals surface area contributed by atoms with E-state index in [9.17, 15) is 9.59 Å². The summed E-state index contributed by atoms with van der Waals surface area (Å²) in [5.74, 6) is -0.0727. The number of carbonyl (C=O) groups is 2. The average molecular weight is 448 g/mol. The first-order chi connectivity index (χ1) is 16.0. The number of rotatable bonds is 8. The zero-order valence-electron chi connectivity index (χ0n) is 19.6. The summed E-state index contributed by atoms with van der Waals surface area (Å²) in [4.78, 5) is 32.4. The number of hydrogen-bond donors (Lipinski definition) is 0. The summed E-state index contributed by atoms with van der Waals surface area (Å²) < 4.78 is 5.26. The highest BCUT2D eigenvalue weighted by Crippen LogP contribution is 2.37. The van der Waals surface area contributed by atoms with Crippen LogP contribution in [0.5, 0.6) is 0 Å². The molecule has 174 valence electrons. The Morgan fingerprint density at radius 1 is 1.00 bits per heavy atom. The fraction of sp³-hybridized carbons (Fsp3) is 0.407. The van der Waals surface area contributed by atoms with Crippen molar-refractivity contribution in [3.8, 4) is 0 Å². The molecule has 2 saturated heterocycles. The minimum Gasteiger partial charge on any atom is -0.383 e. The van der Waals surface area contributed by atoms with Gasteiger partial charge in [0.05, 0.1) is 6.61 Å². The number of methoxy groups -OCH3 is 1. The summed E-state index contributed by atoms with van der Waals surface area (Å²) >= 11 is 0. The minimum atomic E-state index is -0.763. The van der Waals surface area contributed by atoms with Crippen LogP contribution >= 0.6 is 0 Å². The van der Waals surface area contributed by atoms with Gasteiger partial charge < -0.3 is 9.64 Å². The molecule has 33 heavy (non-hydrogen) atoms. The lowest BCUT2D eigenvalue weighted by Crippen LogP contribution is -2.57. The number of hydrogen-bond acceptors (Lipinski definition) is 4. The Bertz CT molecular complexity index is 979. The van der Waals surface area contributed by atoms with Crippen LogP contribution in [0.2, 0.25) is 0 Å². The number of nitrogens with zero attached hydrogens (tertiary/aromatic N) is 3. The number of benzene rings is 2. The Morgan fingerprint density at radius 3 is 2.36 bits per heavy atom. The molecule has 4 rings (SSSR count). The predicted octanol–water partition coefficient (Wildman–Crippen LogP) is 3.95. The largest absolute Gasteiger partial charge is 0.383 e. The summed E-state index contributed by atoms with van der Waals surface area (Å²) in [5, 5.41) is 0.